The van der Waals surface area contributed by atoms with Crippen LogP contribution in [0, 0.1) is 5.92 Å². The van der Waals surface area contributed by atoms with Crippen LogP contribution in [-0.4, -0.2) is 46.1 Å². The second-order valence-corrected chi connectivity index (χ2v) is 5.38. The topological polar surface area (TPSA) is 82.1 Å². The molecule has 3 rings (SSSR count). The highest BCUT2D eigenvalue weighted by atomic mass is 16.5. The van der Waals surface area contributed by atoms with E-state index in [4.69, 9.17) is 10.5 Å². The number of nitrogen functional groups attached to an aromatic ring is 1. The van der Waals surface area contributed by atoms with Crippen LogP contribution in [0.4, 0.5) is 11.8 Å². The van der Waals surface area contributed by atoms with E-state index in [1.165, 1.54) is 0 Å². The molecule has 0 bridgehead atoms. The van der Waals surface area contributed by atoms with Crippen molar-refractivity contribution in [1.82, 2.24) is 19.7 Å². The average molecular weight is 288 g/mol. The van der Waals surface area contributed by atoms with Crippen LogP contribution in [0.5, 0.6) is 0 Å². The number of anilines is 2. The lowest BCUT2D eigenvalue weighted by atomic mass is 9.96. The standard InChI is InChI=1S/C14H20N6O/c1-10-4-7-19(9-11(10)21-2)12-8-13(18-14(15)17-12)20-6-3-5-16-20/h3,5-6,8,10-11H,4,7,9H2,1-2H3,(H2,15,17,18). The van der Waals surface area contributed by atoms with E-state index in [1.54, 1.807) is 18.0 Å². The molecule has 1 aliphatic heterocycles. The number of nitrogens with two attached hydrogens (primary N) is 1. The van der Waals surface area contributed by atoms with Gasteiger partial charge in [-0.25, -0.2) is 4.68 Å². The molecule has 2 aromatic heterocycles. The molecule has 2 unspecified atom stereocenters. The SMILES string of the molecule is COC1CN(c2cc(-n3cccn3)nc(N)n2)CCC1C. The highest BCUT2D eigenvalue weighted by Crippen LogP contribution is 2.24. The maximum atomic E-state index is 5.85. The minimum atomic E-state index is 0.211. The van der Waals surface area contributed by atoms with Crippen LogP contribution in [0.1, 0.15) is 13.3 Å². The summed E-state index contributed by atoms with van der Waals surface area (Å²) in [6.45, 7) is 3.97. The Morgan fingerprint density at radius 1 is 1.33 bits per heavy atom. The van der Waals surface area contributed by atoms with Crippen LogP contribution in [0.15, 0.2) is 24.5 Å². The van der Waals surface area contributed by atoms with E-state index in [2.05, 4.69) is 26.9 Å². The van der Waals surface area contributed by atoms with Gasteiger partial charge < -0.3 is 15.4 Å². The van der Waals surface area contributed by atoms with Crippen LogP contribution in [-0.2, 0) is 4.74 Å². The van der Waals surface area contributed by atoms with Gasteiger partial charge in [0, 0.05) is 38.7 Å². The molecule has 1 fully saturated rings. The van der Waals surface area contributed by atoms with Gasteiger partial charge in [0.25, 0.3) is 0 Å². The van der Waals surface area contributed by atoms with Crippen molar-refractivity contribution >= 4 is 11.8 Å². The van der Waals surface area contributed by atoms with Crippen molar-refractivity contribution < 1.29 is 4.74 Å². The first-order valence-electron chi connectivity index (χ1n) is 7.09. The Hall–Kier alpha value is -2.15. The van der Waals surface area contributed by atoms with Gasteiger partial charge in [0.2, 0.25) is 5.95 Å². The molecule has 3 heterocycles. The van der Waals surface area contributed by atoms with Crippen LogP contribution in [0.25, 0.3) is 5.82 Å². The zero-order valence-electron chi connectivity index (χ0n) is 12.3. The zero-order valence-corrected chi connectivity index (χ0v) is 12.3. The summed E-state index contributed by atoms with van der Waals surface area (Å²) in [6.07, 6.45) is 4.83. The number of nitrogens with zero attached hydrogens (tertiary/aromatic N) is 5. The molecule has 0 amide bonds. The second kappa shape index (κ2) is 5.69. The molecule has 1 saturated heterocycles. The Labute approximate surface area is 123 Å². The first-order valence-corrected chi connectivity index (χ1v) is 7.09. The van der Waals surface area contributed by atoms with Gasteiger partial charge in [0.15, 0.2) is 5.82 Å². The molecule has 2 aromatic rings. The number of ether oxygens (including phenoxy) is 1. The van der Waals surface area contributed by atoms with Crippen molar-refractivity contribution in [2.45, 2.75) is 19.4 Å². The predicted molar refractivity (Wildman–Crippen MR) is 80.4 cm³/mol. The largest absolute Gasteiger partial charge is 0.379 e. The van der Waals surface area contributed by atoms with Gasteiger partial charge in [-0.2, -0.15) is 15.1 Å². The van der Waals surface area contributed by atoms with Gasteiger partial charge in [0.05, 0.1) is 6.10 Å². The third kappa shape index (κ3) is 2.82. The summed E-state index contributed by atoms with van der Waals surface area (Å²) in [4.78, 5) is 10.8. The fourth-order valence-electron chi connectivity index (χ4n) is 2.67. The Bertz CT molecular complexity index is 600. The van der Waals surface area contributed by atoms with Gasteiger partial charge in [0.1, 0.15) is 5.82 Å². The van der Waals surface area contributed by atoms with Crippen molar-refractivity contribution in [1.29, 1.82) is 0 Å². The first kappa shape index (κ1) is 13.8. The molecule has 0 aliphatic carbocycles. The molecule has 112 valence electrons. The molecule has 2 N–H and O–H groups in total. The van der Waals surface area contributed by atoms with E-state index < -0.39 is 0 Å². The fraction of sp³-hybridized carbons (Fsp3) is 0.500. The quantitative estimate of drug-likeness (QED) is 0.911. The lowest BCUT2D eigenvalue weighted by Crippen LogP contribution is -2.44. The van der Waals surface area contributed by atoms with Gasteiger partial charge in [-0.3, -0.25) is 0 Å². The molecule has 0 radical (unpaired) electrons. The van der Waals surface area contributed by atoms with Crippen LogP contribution in [0.2, 0.25) is 0 Å². The summed E-state index contributed by atoms with van der Waals surface area (Å²) in [5.74, 6) is 2.30. The van der Waals surface area contributed by atoms with E-state index in [9.17, 15) is 0 Å². The molecule has 7 nitrogen and oxygen atoms in total. The molecular formula is C14H20N6O. The maximum absolute atomic E-state index is 5.85. The summed E-state index contributed by atoms with van der Waals surface area (Å²) in [5, 5.41) is 4.18. The van der Waals surface area contributed by atoms with Crippen molar-refractivity contribution in [3.8, 4) is 5.82 Å². The number of aromatic nitrogens is 4. The summed E-state index contributed by atoms with van der Waals surface area (Å²) < 4.78 is 7.24. The molecular weight excluding hydrogens is 268 g/mol. The summed E-state index contributed by atoms with van der Waals surface area (Å²) in [6, 6.07) is 3.76. The highest BCUT2D eigenvalue weighted by Gasteiger charge is 2.27. The second-order valence-electron chi connectivity index (χ2n) is 5.38. The van der Waals surface area contributed by atoms with E-state index in [1.807, 2.05) is 18.3 Å². The van der Waals surface area contributed by atoms with Crippen molar-refractivity contribution in [3.63, 3.8) is 0 Å². The lowest BCUT2D eigenvalue weighted by Gasteiger charge is -2.36. The first-order chi connectivity index (χ1) is 10.2. The Kier molecular flexibility index (Phi) is 3.74. The molecule has 2 atom stereocenters. The molecule has 1 aliphatic rings. The van der Waals surface area contributed by atoms with Gasteiger partial charge in [-0.1, -0.05) is 6.92 Å². The number of piperidine rings is 1. The van der Waals surface area contributed by atoms with Gasteiger partial charge in [-0.15, -0.1) is 0 Å². The number of hydrogen-bond acceptors (Lipinski definition) is 6. The van der Waals surface area contributed by atoms with E-state index >= 15 is 0 Å². The molecule has 0 aromatic carbocycles. The van der Waals surface area contributed by atoms with Crippen LogP contribution >= 0.6 is 0 Å². The molecule has 21 heavy (non-hydrogen) atoms. The van der Waals surface area contributed by atoms with Gasteiger partial charge in [-0.05, 0) is 18.4 Å². The van der Waals surface area contributed by atoms with Crippen molar-refractivity contribution in [3.05, 3.63) is 24.5 Å². The van der Waals surface area contributed by atoms with Crippen LogP contribution < -0.4 is 10.6 Å². The van der Waals surface area contributed by atoms with Crippen molar-refractivity contribution in [2.75, 3.05) is 30.8 Å². The Morgan fingerprint density at radius 3 is 2.86 bits per heavy atom. The predicted octanol–water partition coefficient (Wildman–Crippen LogP) is 1.11. The number of methoxy groups -OCH3 is 1. The smallest absolute Gasteiger partial charge is 0.224 e. The van der Waals surface area contributed by atoms with E-state index in [0.29, 0.717) is 11.7 Å². The summed E-state index contributed by atoms with van der Waals surface area (Å²) in [7, 11) is 1.76. The van der Waals surface area contributed by atoms with E-state index in [-0.39, 0.29) is 12.1 Å². The minimum Gasteiger partial charge on any atom is -0.379 e. The molecule has 0 spiro atoms. The molecule has 0 saturated carbocycles. The van der Waals surface area contributed by atoms with E-state index in [0.717, 1.165) is 25.3 Å². The minimum absolute atomic E-state index is 0.211. The lowest BCUT2D eigenvalue weighted by molar-refractivity contribution is 0.0496. The Balaban J connectivity index is 1.88. The summed E-state index contributed by atoms with van der Waals surface area (Å²) >= 11 is 0. The van der Waals surface area contributed by atoms with Crippen LogP contribution in [0.3, 0.4) is 0 Å². The van der Waals surface area contributed by atoms with Gasteiger partial charge >= 0.3 is 0 Å². The average Bonchev–Trinajstić information content (AvgIpc) is 3.01. The normalized spacial score (nSPS) is 22.5. The van der Waals surface area contributed by atoms with Crippen molar-refractivity contribution in [2.24, 2.45) is 5.92 Å². The monoisotopic (exact) mass is 288 g/mol. The number of hydrogen-bond donors (Lipinski definition) is 1. The Morgan fingerprint density at radius 2 is 2.14 bits per heavy atom. The summed E-state index contributed by atoms with van der Waals surface area (Å²) in [5.41, 5.74) is 5.85. The highest BCUT2D eigenvalue weighted by molar-refractivity contribution is 5.48. The third-order valence-electron chi connectivity index (χ3n) is 3.97. The fourth-order valence-corrected chi connectivity index (χ4v) is 2.67. The zero-order chi connectivity index (χ0) is 14.8. The molecule has 7 heteroatoms. The maximum Gasteiger partial charge on any atom is 0.224 e. The number of rotatable bonds is 3. The third-order valence-corrected chi connectivity index (χ3v) is 3.97.